The maximum absolute atomic E-state index is 11.9. The highest BCUT2D eigenvalue weighted by Gasteiger charge is 2.15. The zero-order valence-electron chi connectivity index (χ0n) is 13.1. The Bertz CT molecular complexity index is 723. The molecule has 0 aromatic heterocycles. The van der Waals surface area contributed by atoms with Gasteiger partial charge in [-0.25, -0.2) is 4.79 Å². The number of urea groups is 1. The maximum Gasteiger partial charge on any atom is 0.319 e. The summed E-state index contributed by atoms with van der Waals surface area (Å²) in [6.07, 6.45) is 0. The molecule has 0 saturated carbocycles. The van der Waals surface area contributed by atoms with Gasteiger partial charge in [-0.05, 0) is 30.3 Å². The van der Waals surface area contributed by atoms with Crippen molar-refractivity contribution in [3.05, 3.63) is 58.6 Å². The van der Waals surface area contributed by atoms with E-state index in [1.54, 1.807) is 30.3 Å². The number of halogens is 2. The normalized spacial score (nSPS) is 10.1. The van der Waals surface area contributed by atoms with Crippen LogP contribution in [0.3, 0.4) is 0 Å². The zero-order chi connectivity index (χ0) is 17.5. The van der Waals surface area contributed by atoms with Crippen LogP contribution in [-0.2, 0) is 4.79 Å². The van der Waals surface area contributed by atoms with Crippen LogP contribution in [0.1, 0.15) is 6.92 Å². The molecule has 0 unspecified atom stereocenters. The average Bonchev–Trinajstić information content (AvgIpc) is 2.53. The summed E-state index contributed by atoms with van der Waals surface area (Å²) in [6, 6.07) is 13.7. The summed E-state index contributed by atoms with van der Waals surface area (Å²) in [4.78, 5) is 25.2. The molecule has 0 fully saturated rings. The summed E-state index contributed by atoms with van der Waals surface area (Å²) in [5.41, 5.74) is 1.25. The topological polar surface area (TPSA) is 61.4 Å². The van der Waals surface area contributed by atoms with Crippen molar-refractivity contribution in [3.63, 3.8) is 0 Å². The highest BCUT2D eigenvalue weighted by molar-refractivity contribution is 6.36. The maximum atomic E-state index is 11.9. The molecule has 0 aliphatic heterocycles. The Kier molecular flexibility index (Phi) is 6.46. The van der Waals surface area contributed by atoms with Gasteiger partial charge >= 0.3 is 6.03 Å². The molecule has 0 radical (unpaired) electrons. The Morgan fingerprint density at radius 3 is 2.42 bits per heavy atom. The van der Waals surface area contributed by atoms with Gasteiger partial charge < -0.3 is 15.5 Å². The number of nitrogens with zero attached hydrogens (tertiary/aromatic N) is 1. The third-order valence-electron chi connectivity index (χ3n) is 3.23. The molecule has 0 bridgehead atoms. The van der Waals surface area contributed by atoms with Crippen LogP contribution in [0.2, 0.25) is 10.0 Å². The van der Waals surface area contributed by atoms with Gasteiger partial charge in [0.25, 0.3) is 0 Å². The number of para-hydroxylation sites is 1. The summed E-state index contributed by atoms with van der Waals surface area (Å²) in [6.45, 7) is 2.01. The van der Waals surface area contributed by atoms with Crippen molar-refractivity contribution >= 4 is 46.5 Å². The first-order chi connectivity index (χ1) is 11.5. The largest absolute Gasteiger partial charge is 0.336 e. The van der Waals surface area contributed by atoms with Crippen molar-refractivity contribution in [1.29, 1.82) is 0 Å². The molecular formula is C17H17Cl2N3O2. The molecule has 0 aliphatic rings. The zero-order valence-corrected chi connectivity index (χ0v) is 14.6. The van der Waals surface area contributed by atoms with Gasteiger partial charge in [0.2, 0.25) is 5.91 Å². The summed E-state index contributed by atoms with van der Waals surface area (Å²) >= 11 is 12.0. The Morgan fingerprint density at radius 1 is 1.08 bits per heavy atom. The number of nitrogens with one attached hydrogen (secondary N) is 2. The number of amides is 3. The molecule has 0 aliphatic carbocycles. The van der Waals surface area contributed by atoms with E-state index in [0.29, 0.717) is 28.0 Å². The Hall–Kier alpha value is -2.24. The van der Waals surface area contributed by atoms with Gasteiger partial charge in [-0.1, -0.05) is 41.4 Å². The lowest BCUT2D eigenvalue weighted by atomic mass is 10.2. The second kappa shape index (κ2) is 8.57. The van der Waals surface area contributed by atoms with E-state index < -0.39 is 0 Å². The molecule has 2 aromatic carbocycles. The van der Waals surface area contributed by atoms with Crippen molar-refractivity contribution in [1.82, 2.24) is 5.32 Å². The molecular weight excluding hydrogens is 349 g/mol. The predicted molar refractivity (Wildman–Crippen MR) is 98.0 cm³/mol. The van der Waals surface area contributed by atoms with Crippen LogP contribution in [0.15, 0.2) is 48.5 Å². The van der Waals surface area contributed by atoms with Crippen LogP contribution < -0.4 is 15.5 Å². The van der Waals surface area contributed by atoms with Gasteiger partial charge in [0.05, 0.1) is 10.7 Å². The molecule has 7 heteroatoms. The Labute approximate surface area is 150 Å². The van der Waals surface area contributed by atoms with Crippen molar-refractivity contribution in [3.8, 4) is 0 Å². The van der Waals surface area contributed by atoms with Crippen LogP contribution in [0.4, 0.5) is 16.2 Å². The van der Waals surface area contributed by atoms with Crippen molar-refractivity contribution < 1.29 is 9.59 Å². The molecule has 0 spiro atoms. The number of anilines is 2. The first-order valence-electron chi connectivity index (χ1n) is 7.30. The molecule has 24 heavy (non-hydrogen) atoms. The fourth-order valence-corrected chi connectivity index (χ4v) is 2.64. The quantitative estimate of drug-likeness (QED) is 0.835. The van der Waals surface area contributed by atoms with E-state index >= 15 is 0 Å². The first kappa shape index (κ1) is 18.1. The summed E-state index contributed by atoms with van der Waals surface area (Å²) < 4.78 is 0. The summed E-state index contributed by atoms with van der Waals surface area (Å²) in [7, 11) is 0. The molecule has 2 rings (SSSR count). The van der Waals surface area contributed by atoms with Crippen molar-refractivity contribution in [2.45, 2.75) is 6.92 Å². The second-order valence-electron chi connectivity index (χ2n) is 5.01. The van der Waals surface area contributed by atoms with Crippen LogP contribution in [0.25, 0.3) is 0 Å². The van der Waals surface area contributed by atoms with E-state index in [2.05, 4.69) is 10.6 Å². The van der Waals surface area contributed by atoms with Crippen LogP contribution in [0.5, 0.6) is 0 Å². The highest BCUT2D eigenvalue weighted by atomic mass is 35.5. The molecule has 2 aromatic rings. The monoisotopic (exact) mass is 365 g/mol. The molecule has 3 amide bonds. The van der Waals surface area contributed by atoms with Gasteiger partial charge in [-0.2, -0.15) is 0 Å². The standard InChI is InChI=1S/C17H17Cl2N3O2/c1-12(23)22(16-8-7-13(18)11-15(16)19)10-9-20-17(24)21-14-5-3-2-4-6-14/h2-8,11H,9-10H2,1H3,(H2,20,21,24). The number of rotatable bonds is 5. The lowest BCUT2D eigenvalue weighted by Gasteiger charge is -2.22. The third kappa shape index (κ3) is 5.15. The highest BCUT2D eigenvalue weighted by Crippen LogP contribution is 2.28. The molecule has 0 heterocycles. The number of hydrogen-bond acceptors (Lipinski definition) is 2. The Morgan fingerprint density at radius 2 is 1.79 bits per heavy atom. The molecule has 0 saturated heterocycles. The van der Waals surface area contributed by atoms with E-state index in [9.17, 15) is 9.59 Å². The molecule has 5 nitrogen and oxygen atoms in total. The lowest BCUT2D eigenvalue weighted by molar-refractivity contribution is -0.116. The van der Waals surface area contributed by atoms with Gasteiger partial charge in [-0.15, -0.1) is 0 Å². The van der Waals surface area contributed by atoms with Gasteiger partial charge in [0.15, 0.2) is 0 Å². The van der Waals surface area contributed by atoms with E-state index in [4.69, 9.17) is 23.2 Å². The van der Waals surface area contributed by atoms with Crippen LogP contribution in [-0.4, -0.2) is 25.0 Å². The van der Waals surface area contributed by atoms with Crippen molar-refractivity contribution in [2.24, 2.45) is 0 Å². The summed E-state index contributed by atoms with van der Waals surface area (Å²) in [5.74, 6) is -0.176. The van der Waals surface area contributed by atoms with E-state index in [0.717, 1.165) is 0 Å². The van der Waals surface area contributed by atoms with Crippen LogP contribution in [0, 0.1) is 0 Å². The lowest BCUT2D eigenvalue weighted by Crippen LogP contribution is -2.39. The van der Waals surface area contributed by atoms with Crippen LogP contribution >= 0.6 is 23.2 Å². The van der Waals surface area contributed by atoms with E-state index in [-0.39, 0.29) is 18.5 Å². The fourth-order valence-electron chi connectivity index (χ4n) is 2.13. The molecule has 2 N–H and O–H groups in total. The predicted octanol–water partition coefficient (Wildman–Crippen LogP) is 4.17. The van der Waals surface area contributed by atoms with Gasteiger partial charge in [-0.3, -0.25) is 4.79 Å². The minimum Gasteiger partial charge on any atom is -0.336 e. The Balaban J connectivity index is 1.92. The van der Waals surface area contributed by atoms with E-state index in [1.807, 2.05) is 18.2 Å². The van der Waals surface area contributed by atoms with Gasteiger partial charge in [0, 0.05) is 30.7 Å². The van der Waals surface area contributed by atoms with E-state index in [1.165, 1.54) is 11.8 Å². The third-order valence-corrected chi connectivity index (χ3v) is 3.77. The first-order valence-corrected chi connectivity index (χ1v) is 8.06. The smallest absolute Gasteiger partial charge is 0.319 e. The minimum absolute atomic E-state index is 0.176. The number of carbonyl (C=O) groups is 2. The number of hydrogen-bond donors (Lipinski definition) is 2. The fraction of sp³-hybridized carbons (Fsp3) is 0.176. The van der Waals surface area contributed by atoms with Gasteiger partial charge in [0.1, 0.15) is 0 Å². The summed E-state index contributed by atoms with van der Waals surface area (Å²) in [5, 5.41) is 6.28. The number of benzene rings is 2. The van der Waals surface area contributed by atoms with Crippen molar-refractivity contribution in [2.75, 3.05) is 23.3 Å². The average molecular weight is 366 g/mol. The molecule has 126 valence electrons. The SMILES string of the molecule is CC(=O)N(CCNC(=O)Nc1ccccc1)c1ccc(Cl)cc1Cl. The second-order valence-corrected chi connectivity index (χ2v) is 5.86. The molecule has 0 atom stereocenters. The minimum atomic E-state index is -0.341. The number of carbonyl (C=O) groups excluding carboxylic acids is 2.